The number of carbonyl (C=O) groups excluding carboxylic acids is 2. The average molecular weight is 722 g/mol. The smallest absolute Gasteiger partial charge is 0.316 e. The Labute approximate surface area is 277 Å². The Morgan fingerprint density at radius 1 is 0.490 bits per heavy atom. The summed E-state index contributed by atoms with van der Waals surface area (Å²) in [6, 6.07) is 7.94. The van der Waals surface area contributed by atoms with Crippen molar-refractivity contribution in [2.75, 3.05) is 10.6 Å². The lowest BCUT2D eigenvalue weighted by atomic mass is 9.72. The van der Waals surface area contributed by atoms with Gasteiger partial charge in [-0.1, -0.05) is 24.3 Å². The molecule has 16 nitrogen and oxygen atoms in total. The Morgan fingerprint density at radius 3 is 1.06 bits per heavy atom. The molecule has 0 aliphatic carbocycles. The van der Waals surface area contributed by atoms with E-state index in [2.05, 4.69) is 0 Å². The van der Waals surface area contributed by atoms with Crippen molar-refractivity contribution in [2.24, 2.45) is 0 Å². The number of amides is 2. The van der Waals surface area contributed by atoms with Crippen molar-refractivity contribution >= 4 is 45.9 Å². The maximum atomic E-state index is 14.7. The van der Waals surface area contributed by atoms with Gasteiger partial charge in [-0.25, -0.2) is 0 Å². The van der Waals surface area contributed by atoms with Crippen LogP contribution in [0.15, 0.2) is 84.9 Å². The molecule has 0 unspecified atom stereocenters. The summed E-state index contributed by atoms with van der Waals surface area (Å²) in [5.74, 6) is -2.46. The molecule has 0 radical (unpaired) electrons. The second-order valence-corrected chi connectivity index (χ2v) is 10.2. The SMILES string of the molecule is O=C(Nc1ccc([N+](=O)[O-])cc1[N+](=O)[O-])c1ccc(C(c2ccc(C(=O)Nc3ccc([N+](=O)[O-])cc3[N+](=O)[O-])cc2)(C(F)(F)F)C(F)(F)F)cc1. The summed E-state index contributed by atoms with van der Waals surface area (Å²) in [7, 11) is 0. The van der Waals surface area contributed by atoms with Crippen molar-refractivity contribution in [3.05, 3.63) is 148 Å². The van der Waals surface area contributed by atoms with Crippen molar-refractivity contribution in [1.29, 1.82) is 0 Å². The minimum atomic E-state index is -6.10. The van der Waals surface area contributed by atoms with Crippen molar-refractivity contribution in [2.45, 2.75) is 17.8 Å². The molecular formula is C29H16F6N6O10. The first-order valence-corrected chi connectivity index (χ1v) is 13.5. The molecule has 0 aliphatic rings. The van der Waals surface area contributed by atoms with Gasteiger partial charge in [0, 0.05) is 23.3 Å². The van der Waals surface area contributed by atoms with Crippen LogP contribution in [0.25, 0.3) is 0 Å². The fourth-order valence-electron chi connectivity index (χ4n) is 4.89. The third kappa shape index (κ3) is 7.09. The third-order valence-corrected chi connectivity index (χ3v) is 7.28. The van der Waals surface area contributed by atoms with Crippen molar-refractivity contribution in [1.82, 2.24) is 0 Å². The van der Waals surface area contributed by atoms with E-state index in [1.807, 2.05) is 10.6 Å². The van der Waals surface area contributed by atoms with Gasteiger partial charge in [-0.15, -0.1) is 0 Å². The molecule has 51 heavy (non-hydrogen) atoms. The summed E-state index contributed by atoms with van der Waals surface area (Å²) in [5.41, 5.74) is -13.1. The summed E-state index contributed by atoms with van der Waals surface area (Å²) in [5, 5.41) is 48.6. The molecule has 0 heterocycles. The van der Waals surface area contributed by atoms with Crippen molar-refractivity contribution < 1.29 is 55.6 Å². The molecule has 2 N–H and O–H groups in total. The lowest BCUT2D eigenvalue weighted by Gasteiger charge is -2.38. The second kappa shape index (κ2) is 13.5. The monoisotopic (exact) mass is 722 g/mol. The van der Waals surface area contributed by atoms with Gasteiger partial charge < -0.3 is 10.6 Å². The first-order valence-electron chi connectivity index (χ1n) is 13.5. The number of hydrogen-bond donors (Lipinski definition) is 2. The van der Waals surface area contributed by atoms with Gasteiger partial charge in [-0.3, -0.25) is 50.0 Å². The molecule has 0 bridgehead atoms. The van der Waals surface area contributed by atoms with Crippen LogP contribution in [0, 0.1) is 40.5 Å². The highest BCUT2D eigenvalue weighted by Gasteiger charge is 2.72. The molecule has 264 valence electrons. The van der Waals surface area contributed by atoms with Crippen LogP contribution in [0.4, 0.5) is 60.5 Å². The number of rotatable bonds is 10. The van der Waals surface area contributed by atoms with E-state index in [0.29, 0.717) is 60.7 Å². The minimum absolute atomic E-state index is 0.342. The van der Waals surface area contributed by atoms with E-state index in [1.165, 1.54) is 0 Å². The van der Waals surface area contributed by atoms with Crippen LogP contribution in [-0.2, 0) is 5.41 Å². The Kier molecular flexibility index (Phi) is 9.74. The largest absolute Gasteiger partial charge is 0.411 e. The highest BCUT2D eigenvalue weighted by atomic mass is 19.4. The molecule has 22 heteroatoms. The number of carbonyl (C=O) groups is 2. The maximum Gasteiger partial charge on any atom is 0.411 e. The number of anilines is 2. The molecule has 2 amide bonds. The number of nitrogens with one attached hydrogen (secondary N) is 2. The van der Waals surface area contributed by atoms with Crippen LogP contribution in [0.1, 0.15) is 31.8 Å². The van der Waals surface area contributed by atoms with Crippen molar-refractivity contribution in [3.63, 3.8) is 0 Å². The zero-order valence-electron chi connectivity index (χ0n) is 24.7. The summed E-state index contributed by atoms with van der Waals surface area (Å²) in [6.07, 6.45) is -12.2. The highest BCUT2D eigenvalue weighted by molar-refractivity contribution is 6.06. The van der Waals surface area contributed by atoms with E-state index in [-0.39, 0.29) is 0 Å². The van der Waals surface area contributed by atoms with E-state index >= 15 is 0 Å². The minimum Gasteiger partial charge on any atom is -0.316 e. The standard InChI is InChI=1S/C29H16F6N6O10/c30-28(31,32)27(29(33,34)35,17-5-1-15(2-6-17)25(42)36-21-11-9-19(38(44)45)13-23(21)40(48)49)18-7-3-16(4-8-18)26(43)37-22-12-10-20(39(46)47)14-24(22)41(50)51/h1-14H,(H,36,42)(H,37,43). The van der Waals surface area contributed by atoms with Crippen LogP contribution in [0.2, 0.25) is 0 Å². The first kappa shape index (κ1) is 36.8. The molecule has 4 aromatic carbocycles. The fourth-order valence-corrected chi connectivity index (χ4v) is 4.89. The van der Waals surface area contributed by atoms with Crippen molar-refractivity contribution in [3.8, 4) is 0 Å². The first-order chi connectivity index (χ1) is 23.7. The van der Waals surface area contributed by atoms with Crippen LogP contribution in [-0.4, -0.2) is 43.9 Å². The van der Waals surface area contributed by atoms with Gasteiger partial charge in [0.05, 0.1) is 31.8 Å². The Hall–Kier alpha value is -7.00. The normalized spacial score (nSPS) is 11.7. The van der Waals surface area contributed by atoms with Crippen LogP contribution in [0.5, 0.6) is 0 Å². The van der Waals surface area contributed by atoms with Gasteiger partial charge in [-0.2, -0.15) is 26.3 Å². The molecule has 0 aromatic heterocycles. The molecule has 0 aliphatic heterocycles. The Balaban J connectivity index is 1.69. The van der Waals surface area contributed by atoms with E-state index in [1.54, 1.807) is 0 Å². The predicted octanol–water partition coefficient (Wildman–Crippen LogP) is 7.23. The number of benzene rings is 4. The number of hydrogen-bond acceptors (Lipinski definition) is 10. The number of nitro groups is 4. The quantitative estimate of drug-likeness (QED) is 0.0946. The number of alkyl halides is 6. The number of nitro benzene ring substituents is 4. The van der Waals surface area contributed by atoms with Gasteiger partial charge in [0.15, 0.2) is 0 Å². The molecule has 0 saturated carbocycles. The van der Waals surface area contributed by atoms with E-state index < -0.39 is 106 Å². The van der Waals surface area contributed by atoms with E-state index in [9.17, 15) is 76.4 Å². The van der Waals surface area contributed by atoms with Gasteiger partial charge in [-0.05, 0) is 47.5 Å². The molecule has 0 fully saturated rings. The number of nitrogens with zero attached hydrogens (tertiary/aromatic N) is 4. The summed E-state index contributed by atoms with van der Waals surface area (Å²) in [4.78, 5) is 66.0. The highest BCUT2D eigenvalue weighted by Crippen LogP contribution is 2.56. The number of halogens is 6. The zero-order chi connectivity index (χ0) is 38.1. The summed E-state index contributed by atoms with van der Waals surface area (Å²) < 4.78 is 87.9. The van der Waals surface area contributed by atoms with Crippen LogP contribution < -0.4 is 10.6 Å². The van der Waals surface area contributed by atoms with Gasteiger partial charge in [0.1, 0.15) is 11.4 Å². The lowest BCUT2D eigenvalue weighted by Crippen LogP contribution is -2.54. The molecule has 4 aromatic rings. The van der Waals surface area contributed by atoms with Gasteiger partial charge >= 0.3 is 12.4 Å². The van der Waals surface area contributed by atoms with Crippen LogP contribution >= 0.6 is 0 Å². The molecule has 0 atom stereocenters. The zero-order valence-corrected chi connectivity index (χ0v) is 24.7. The van der Waals surface area contributed by atoms with E-state index in [4.69, 9.17) is 0 Å². The third-order valence-electron chi connectivity index (χ3n) is 7.28. The fraction of sp³-hybridized carbons (Fsp3) is 0.103. The second-order valence-electron chi connectivity index (χ2n) is 10.2. The summed E-state index contributed by atoms with van der Waals surface area (Å²) in [6.45, 7) is 0. The van der Waals surface area contributed by atoms with Crippen LogP contribution in [0.3, 0.4) is 0 Å². The number of non-ortho nitro benzene ring substituents is 2. The predicted molar refractivity (Wildman–Crippen MR) is 161 cm³/mol. The topological polar surface area (TPSA) is 231 Å². The molecule has 0 saturated heterocycles. The Bertz CT molecular complexity index is 1940. The maximum absolute atomic E-state index is 14.7. The van der Waals surface area contributed by atoms with Gasteiger partial charge in [0.2, 0.25) is 5.41 Å². The summed E-state index contributed by atoms with van der Waals surface area (Å²) >= 11 is 0. The van der Waals surface area contributed by atoms with Gasteiger partial charge in [0.25, 0.3) is 34.6 Å². The lowest BCUT2D eigenvalue weighted by molar-refractivity contribution is -0.393. The molecule has 0 spiro atoms. The molecule has 4 rings (SSSR count). The Morgan fingerprint density at radius 2 is 0.804 bits per heavy atom. The average Bonchev–Trinajstić information content (AvgIpc) is 3.04. The molecular weight excluding hydrogens is 706 g/mol. The van der Waals surface area contributed by atoms with E-state index in [0.717, 1.165) is 24.3 Å².